The lowest BCUT2D eigenvalue weighted by atomic mass is 10.1. The average molecular weight is 400 g/mol. The number of fused-ring (bicyclic) bond motifs is 1. The fraction of sp³-hybridized carbons (Fsp3) is 0.143. The highest BCUT2D eigenvalue weighted by molar-refractivity contribution is 6.30. The number of ether oxygens (including phenoxy) is 3. The topological polar surface area (TPSA) is 57.7 Å². The maximum Gasteiger partial charge on any atom is 0.357 e. The van der Waals surface area contributed by atoms with Crippen molar-refractivity contribution in [3.05, 3.63) is 94.0 Å². The quantitative estimate of drug-likeness (QED) is 0.587. The van der Waals surface area contributed by atoms with E-state index in [9.17, 15) is 9.18 Å². The van der Waals surface area contributed by atoms with E-state index in [4.69, 9.17) is 25.8 Å². The van der Waals surface area contributed by atoms with Gasteiger partial charge in [0.15, 0.2) is 0 Å². The van der Waals surface area contributed by atoms with E-state index in [2.05, 4.69) is 4.98 Å². The van der Waals surface area contributed by atoms with Gasteiger partial charge in [-0.25, -0.2) is 14.2 Å². The zero-order chi connectivity index (χ0) is 19.5. The van der Waals surface area contributed by atoms with Crippen molar-refractivity contribution < 1.29 is 23.4 Å². The summed E-state index contributed by atoms with van der Waals surface area (Å²) in [5.74, 6) is -0.670. The second kappa shape index (κ2) is 7.96. The Labute approximate surface area is 165 Å². The Morgan fingerprint density at radius 1 is 1.21 bits per heavy atom. The van der Waals surface area contributed by atoms with E-state index in [1.807, 2.05) is 30.3 Å². The van der Waals surface area contributed by atoms with Crippen LogP contribution in [0.4, 0.5) is 4.39 Å². The third-order valence-corrected chi connectivity index (χ3v) is 4.42. The molecule has 5 nitrogen and oxygen atoms in total. The molecule has 0 aliphatic carbocycles. The minimum absolute atomic E-state index is 0.0733. The Morgan fingerprint density at radius 2 is 2.04 bits per heavy atom. The van der Waals surface area contributed by atoms with E-state index in [-0.39, 0.29) is 18.9 Å². The molecule has 1 aromatic heterocycles. The molecule has 0 saturated carbocycles. The summed E-state index contributed by atoms with van der Waals surface area (Å²) in [5, 5.41) is 0.372. The Kier molecular flexibility index (Phi) is 5.23. The van der Waals surface area contributed by atoms with Crippen LogP contribution in [0.3, 0.4) is 0 Å². The molecule has 1 aliphatic heterocycles. The number of benzene rings is 2. The molecule has 0 bridgehead atoms. The molecular weight excluding hydrogens is 385 g/mol. The molecule has 0 radical (unpaired) electrons. The van der Waals surface area contributed by atoms with Crippen LogP contribution < -0.4 is 4.74 Å². The van der Waals surface area contributed by atoms with Gasteiger partial charge in [0.05, 0.1) is 6.61 Å². The molecule has 2 aromatic carbocycles. The summed E-state index contributed by atoms with van der Waals surface area (Å²) in [6, 6.07) is 15.0. The van der Waals surface area contributed by atoms with E-state index in [1.165, 1.54) is 24.4 Å². The van der Waals surface area contributed by atoms with Crippen LogP contribution in [0.15, 0.2) is 60.8 Å². The number of esters is 1. The van der Waals surface area contributed by atoms with E-state index in [1.54, 1.807) is 6.07 Å². The van der Waals surface area contributed by atoms with Crippen molar-refractivity contribution in [3.8, 4) is 5.75 Å². The summed E-state index contributed by atoms with van der Waals surface area (Å²) >= 11 is 5.86. The normalized spacial score (nSPS) is 15.4. The molecule has 1 aliphatic rings. The summed E-state index contributed by atoms with van der Waals surface area (Å²) in [5.41, 5.74) is 1.88. The van der Waals surface area contributed by atoms with Crippen LogP contribution in [-0.2, 0) is 22.7 Å². The van der Waals surface area contributed by atoms with Gasteiger partial charge >= 0.3 is 5.97 Å². The molecule has 3 aromatic rings. The van der Waals surface area contributed by atoms with Crippen molar-refractivity contribution in [2.45, 2.75) is 19.5 Å². The lowest BCUT2D eigenvalue weighted by molar-refractivity contribution is -0.112. The molecule has 0 fully saturated rings. The molecule has 7 heteroatoms. The van der Waals surface area contributed by atoms with Gasteiger partial charge in [-0.2, -0.15) is 0 Å². The van der Waals surface area contributed by atoms with Gasteiger partial charge in [-0.3, -0.25) is 0 Å². The predicted octanol–water partition coefficient (Wildman–Crippen LogP) is 4.84. The van der Waals surface area contributed by atoms with Crippen molar-refractivity contribution in [2.24, 2.45) is 0 Å². The summed E-state index contributed by atoms with van der Waals surface area (Å²) in [4.78, 5) is 16.1. The highest BCUT2D eigenvalue weighted by Gasteiger charge is 2.25. The first-order valence-corrected chi connectivity index (χ1v) is 8.91. The van der Waals surface area contributed by atoms with Crippen molar-refractivity contribution in [2.75, 3.05) is 0 Å². The fourth-order valence-corrected chi connectivity index (χ4v) is 3.05. The van der Waals surface area contributed by atoms with Gasteiger partial charge in [-0.15, -0.1) is 0 Å². The molecule has 0 amide bonds. The maximum absolute atomic E-state index is 14.0. The second-order valence-corrected chi connectivity index (χ2v) is 6.60. The number of carbonyl (C=O) groups is 1. The third kappa shape index (κ3) is 3.98. The Morgan fingerprint density at radius 3 is 2.82 bits per heavy atom. The standard InChI is InChI=1S/C21H15ClFNO4/c22-16-6-7-24-18(10-16)20(25)26-11-14-8-17(23)9-15-12-27-21(28-19(14)15)13-4-2-1-3-5-13/h1-10,21H,11-12H2/t21-/m1/s1. The number of hydrogen-bond acceptors (Lipinski definition) is 5. The van der Waals surface area contributed by atoms with E-state index in [0.717, 1.165) is 5.56 Å². The fourth-order valence-electron chi connectivity index (χ4n) is 2.89. The highest BCUT2D eigenvalue weighted by atomic mass is 35.5. The molecule has 1 atom stereocenters. The van der Waals surface area contributed by atoms with Crippen LogP contribution in [-0.4, -0.2) is 11.0 Å². The minimum atomic E-state index is -0.660. The molecule has 4 rings (SSSR count). The summed E-state index contributed by atoms with van der Waals surface area (Å²) < 4.78 is 30.9. The van der Waals surface area contributed by atoms with Gasteiger partial charge < -0.3 is 14.2 Å². The van der Waals surface area contributed by atoms with Crippen LogP contribution in [0, 0.1) is 5.82 Å². The van der Waals surface area contributed by atoms with Crippen LogP contribution >= 0.6 is 11.6 Å². The van der Waals surface area contributed by atoms with Gasteiger partial charge in [-0.1, -0.05) is 41.9 Å². The van der Waals surface area contributed by atoms with Crippen molar-refractivity contribution in [3.63, 3.8) is 0 Å². The third-order valence-electron chi connectivity index (χ3n) is 4.18. The van der Waals surface area contributed by atoms with Crippen molar-refractivity contribution in [1.29, 1.82) is 0 Å². The zero-order valence-corrected chi connectivity index (χ0v) is 15.4. The summed E-state index contributed by atoms with van der Waals surface area (Å²) in [7, 11) is 0. The first-order chi connectivity index (χ1) is 13.6. The second-order valence-electron chi connectivity index (χ2n) is 6.16. The van der Waals surface area contributed by atoms with Gasteiger partial charge in [0, 0.05) is 27.9 Å². The lowest BCUT2D eigenvalue weighted by Gasteiger charge is -2.28. The van der Waals surface area contributed by atoms with Gasteiger partial charge in [0.25, 0.3) is 0 Å². The molecule has 0 N–H and O–H groups in total. The van der Waals surface area contributed by atoms with Crippen LogP contribution in [0.1, 0.15) is 33.5 Å². The lowest BCUT2D eigenvalue weighted by Crippen LogP contribution is -2.20. The number of carbonyl (C=O) groups excluding carboxylic acids is 1. The van der Waals surface area contributed by atoms with E-state index in [0.29, 0.717) is 21.9 Å². The SMILES string of the molecule is O=C(OCc1cc(F)cc2c1O[C@H](c1ccccc1)OC2)c1cc(Cl)ccn1. The Bertz CT molecular complexity index is 1010. The first kappa shape index (κ1) is 18.4. The summed E-state index contributed by atoms with van der Waals surface area (Å²) in [6.07, 6.45) is 0.789. The molecule has 0 spiro atoms. The van der Waals surface area contributed by atoms with Crippen molar-refractivity contribution >= 4 is 17.6 Å². The van der Waals surface area contributed by atoms with Crippen LogP contribution in [0.25, 0.3) is 0 Å². The smallest absolute Gasteiger partial charge is 0.357 e. The van der Waals surface area contributed by atoms with Crippen LogP contribution in [0.2, 0.25) is 5.02 Å². The maximum atomic E-state index is 14.0. The molecule has 0 saturated heterocycles. The van der Waals surface area contributed by atoms with Gasteiger partial charge in [0.1, 0.15) is 23.9 Å². The number of hydrogen-bond donors (Lipinski definition) is 0. The van der Waals surface area contributed by atoms with Gasteiger partial charge in [0.2, 0.25) is 6.29 Å². The first-order valence-electron chi connectivity index (χ1n) is 8.53. The largest absolute Gasteiger partial charge is 0.460 e. The zero-order valence-electron chi connectivity index (χ0n) is 14.6. The number of aromatic nitrogens is 1. The number of nitrogens with zero attached hydrogens (tertiary/aromatic N) is 1. The van der Waals surface area contributed by atoms with Crippen molar-refractivity contribution in [1.82, 2.24) is 4.98 Å². The number of rotatable bonds is 4. The Hall–Kier alpha value is -2.96. The van der Waals surface area contributed by atoms with Crippen LogP contribution in [0.5, 0.6) is 5.75 Å². The number of halogens is 2. The molecule has 2 heterocycles. The molecular formula is C21H15ClFNO4. The minimum Gasteiger partial charge on any atom is -0.460 e. The molecule has 28 heavy (non-hydrogen) atoms. The molecule has 0 unspecified atom stereocenters. The molecule has 142 valence electrons. The Balaban J connectivity index is 1.55. The summed E-state index contributed by atoms with van der Waals surface area (Å²) in [6.45, 7) is 0.0120. The van der Waals surface area contributed by atoms with Gasteiger partial charge in [-0.05, 0) is 24.3 Å². The van der Waals surface area contributed by atoms with E-state index < -0.39 is 18.1 Å². The average Bonchev–Trinajstić information content (AvgIpc) is 2.72. The highest BCUT2D eigenvalue weighted by Crippen LogP contribution is 2.36. The number of pyridine rings is 1. The monoisotopic (exact) mass is 399 g/mol. The predicted molar refractivity (Wildman–Crippen MR) is 99.4 cm³/mol. The van der Waals surface area contributed by atoms with E-state index >= 15 is 0 Å².